The Morgan fingerprint density at radius 3 is 2.21 bits per heavy atom. The Balaban J connectivity index is 1.68. The molecule has 2 amide bonds. The van der Waals surface area contributed by atoms with Crippen molar-refractivity contribution >= 4 is 44.2 Å². The van der Waals surface area contributed by atoms with Crippen molar-refractivity contribution < 1.29 is 18.0 Å². The summed E-state index contributed by atoms with van der Waals surface area (Å²) in [5.74, 6) is -0.800. The van der Waals surface area contributed by atoms with Crippen LogP contribution in [0.15, 0.2) is 102 Å². The van der Waals surface area contributed by atoms with Gasteiger partial charge >= 0.3 is 0 Å². The van der Waals surface area contributed by atoms with Gasteiger partial charge in [0.05, 0.1) is 11.4 Å². The molecule has 4 rings (SSSR count). The minimum absolute atomic E-state index is 0.0781. The van der Waals surface area contributed by atoms with Gasteiger partial charge in [-0.15, -0.1) is 0 Å². The molecule has 2 atom stereocenters. The molecule has 0 spiro atoms. The maximum Gasteiger partial charge on any atom is 0.243 e. The summed E-state index contributed by atoms with van der Waals surface area (Å²) in [5, 5.41) is 5.22. The Morgan fingerprint density at radius 1 is 0.857 bits per heavy atom. The summed E-state index contributed by atoms with van der Waals surface area (Å²) < 4.78 is 28.2. The molecule has 0 saturated carbocycles. The second-order valence-corrected chi connectivity index (χ2v) is 12.9. The largest absolute Gasteiger partial charge is 0.352 e. The Kier molecular flexibility index (Phi) is 10.4. The molecule has 0 aliphatic carbocycles. The molecule has 0 unspecified atom stereocenters. The predicted octanol–water partition coefficient (Wildman–Crippen LogP) is 5.67. The summed E-state index contributed by atoms with van der Waals surface area (Å²) in [6.45, 7) is 3.51. The fourth-order valence-electron chi connectivity index (χ4n) is 4.70. The first-order valence-electron chi connectivity index (χ1n) is 13.9. The number of nitrogens with zero attached hydrogens (tertiary/aromatic N) is 2. The van der Waals surface area contributed by atoms with Gasteiger partial charge in [0, 0.05) is 31.1 Å². The number of hydrogen-bond acceptors (Lipinski definition) is 4. The summed E-state index contributed by atoms with van der Waals surface area (Å²) >= 11 is 6.25. The molecule has 1 N–H and O–H groups in total. The van der Waals surface area contributed by atoms with E-state index in [2.05, 4.69) is 5.32 Å². The van der Waals surface area contributed by atoms with Gasteiger partial charge in [0.2, 0.25) is 21.8 Å². The molecular formula is C33H36ClN3O4S. The number of nitrogens with one attached hydrogen (secondary N) is 1. The molecule has 0 aromatic heterocycles. The molecule has 7 nitrogen and oxygen atoms in total. The van der Waals surface area contributed by atoms with Gasteiger partial charge in [-0.2, -0.15) is 4.31 Å². The fourth-order valence-corrected chi connectivity index (χ4v) is 6.07. The van der Waals surface area contributed by atoms with Crippen LogP contribution in [0.5, 0.6) is 0 Å². The van der Waals surface area contributed by atoms with Crippen LogP contribution in [0.1, 0.15) is 31.4 Å². The van der Waals surface area contributed by atoms with Crippen molar-refractivity contribution in [3.63, 3.8) is 0 Å². The Hall–Kier alpha value is -3.72. The lowest BCUT2D eigenvalue weighted by atomic mass is 10.0. The normalized spacial score (nSPS) is 13.1. The van der Waals surface area contributed by atoms with E-state index in [1.54, 1.807) is 36.4 Å². The smallest absolute Gasteiger partial charge is 0.243 e. The van der Waals surface area contributed by atoms with Crippen molar-refractivity contribution in [3.05, 3.63) is 113 Å². The van der Waals surface area contributed by atoms with Crippen molar-refractivity contribution in [2.45, 2.75) is 50.2 Å². The van der Waals surface area contributed by atoms with Gasteiger partial charge in [0.25, 0.3) is 0 Å². The van der Waals surface area contributed by atoms with Crippen LogP contribution in [-0.4, -0.2) is 55.1 Å². The van der Waals surface area contributed by atoms with Crippen molar-refractivity contribution in [1.29, 1.82) is 0 Å². The molecule has 42 heavy (non-hydrogen) atoms. The zero-order valence-corrected chi connectivity index (χ0v) is 25.6. The van der Waals surface area contributed by atoms with Crippen LogP contribution in [0, 0.1) is 0 Å². The van der Waals surface area contributed by atoms with E-state index in [1.165, 1.54) is 11.9 Å². The molecule has 0 radical (unpaired) electrons. The third-order valence-electron chi connectivity index (χ3n) is 7.30. The third-order valence-corrected chi connectivity index (χ3v) is 9.34. The van der Waals surface area contributed by atoms with E-state index in [4.69, 9.17) is 11.6 Å². The molecular weight excluding hydrogens is 570 g/mol. The average Bonchev–Trinajstić information content (AvgIpc) is 2.98. The van der Waals surface area contributed by atoms with E-state index in [1.807, 2.05) is 74.5 Å². The minimum atomic E-state index is -4.00. The molecule has 4 aromatic rings. The SMILES string of the molecule is CC[C@@H](C)NC(=O)[C@@H](Cc1ccccc1)N(Cc1cccc(Cl)c1)C(=O)CN(C)S(=O)(=O)c1ccc2ccccc2c1. The number of hydrogen-bond donors (Lipinski definition) is 1. The van der Waals surface area contributed by atoms with Crippen LogP contribution in [0.3, 0.4) is 0 Å². The molecule has 0 aliphatic rings. The van der Waals surface area contributed by atoms with Gasteiger partial charge < -0.3 is 10.2 Å². The van der Waals surface area contributed by atoms with Gasteiger partial charge in [0.1, 0.15) is 6.04 Å². The summed E-state index contributed by atoms with van der Waals surface area (Å²) in [6.07, 6.45) is 0.981. The third kappa shape index (κ3) is 7.76. The Bertz CT molecular complexity index is 1650. The number of halogens is 1. The lowest BCUT2D eigenvalue weighted by Crippen LogP contribution is -2.54. The molecule has 0 bridgehead atoms. The van der Waals surface area contributed by atoms with E-state index in [0.717, 1.165) is 32.6 Å². The quantitative estimate of drug-likeness (QED) is 0.225. The molecule has 0 saturated heterocycles. The second-order valence-electron chi connectivity index (χ2n) is 10.4. The van der Waals surface area contributed by atoms with E-state index < -0.39 is 28.5 Å². The number of sulfonamides is 1. The monoisotopic (exact) mass is 605 g/mol. The van der Waals surface area contributed by atoms with Gasteiger partial charge in [-0.1, -0.05) is 91.3 Å². The number of likely N-dealkylation sites (N-methyl/N-ethyl adjacent to an activating group) is 1. The van der Waals surface area contributed by atoms with Crippen LogP contribution < -0.4 is 5.32 Å². The number of rotatable bonds is 12. The van der Waals surface area contributed by atoms with E-state index in [-0.39, 0.29) is 29.8 Å². The van der Waals surface area contributed by atoms with Gasteiger partial charge in [-0.05, 0) is 59.5 Å². The van der Waals surface area contributed by atoms with Crippen LogP contribution in [-0.2, 0) is 32.6 Å². The average molecular weight is 606 g/mol. The second kappa shape index (κ2) is 14.0. The number of carbonyl (C=O) groups is 2. The zero-order chi connectivity index (χ0) is 30.3. The molecule has 220 valence electrons. The topological polar surface area (TPSA) is 86.8 Å². The highest BCUT2D eigenvalue weighted by atomic mass is 35.5. The first-order chi connectivity index (χ1) is 20.1. The summed E-state index contributed by atoms with van der Waals surface area (Å²) in [5.41, 5.74) is 1.60. The Labute approximate surface area is 253 Å². The van der Waals surface area contributed by atoms with Crippen molar-refractivity contribution in [1.82, 2.24) is 14.5 Å². The zero-order valence-electron chi connectivity index (χ0n) is 24.0. The molecule has 9 heteroatoms. The summed E-state index contributed by atoms with van der Waals surface area (Å²) in [7, 11) is -2.62. The Morgan fingerprint density at radius 2 is 1.52 bits per heavy atom. The minimum Gasteiger partial charge on any atom is -0.352 e. The lowest BCUT2D eigenvalue weighted by molar-refractivity contribution is -0.141. The van der Waals surface area contributed by atoms with Crippen molar-refractivity contribution in [3.8, 4) is 0 Å². The first kappa shape index (κ1) is 31.2. The molecule has 0 fully saturated rings. The lowest BCUT2D eigenvalue weighted by Gasteiger charge is -2.33. The molecule has 0 aliphatic heterocycles. The van der Waals surface area contributed by atoms with E-state index in [0.29, 0.717) is 5.02 Å². The van der Waals surface area contributed by atoms with Crippen LogP contribution in [0.25, 0.3) is 10.8 Å². The summed E-state index contributed by atoms with van der Waals surface area (Å²) in [4.78, 5) is 29.3. The number of amides is 2. The van der Waals surface area contributed by atoms with Crippen molar-refractivity contribution in [2.24, 2.45) is 0 Å². The van der Waals surface area contributed by atoms with Gasteiger partial charge in [0.15, 0.2) is 0 Å². The fraction of sp³-hybridized carbons (Fsp3) is 0.273. The highest BCUT2D eigenvalue weighted by Crippen LogP contribution is 2.23. The highest BCUT2D eigenvalue weighted by Gasteiger charge is 2.33. The maximum atomic E-state index is 14.0. The number of fused-ring (bicyclic) bond motifs is 1. The van der Waals surface area contributed by atoms with Crippen LogP contribution >= 0.6 is 11.6 Å². The van der Waals surface area contributed by atoms with E-state index in [9.17, 15) is 18.0 Å². The number of carbonyl (C=O) groups excluding carboxylic acids is 2. The predicted molar refractivity (Wildman–Crippen MR) is 168 cm³/mol. The molecule has 4 aromatic carbocycles. The van der Waals surface area contributed by atoms with Crippen LogP contribution in [0.2, 0.25) is 5.02 Å². The summed E-state index contributed by atoms with van der Waals surface area (Å²) in [6, 6.07) is 27.9. The number of benzene rings is 4. The standard InChI is InChI=1S/C33H36ClN3O4S/c1-4-24(2)35-33(39)31(20-25-11-6-5-7-12-25)37(22-26-13-10-16-29(34)19-26)32(38)23-36(3)42(40,41)30-18-17-27-14-8-9-15-28(27)21-30/h5-19,21,24,31H,4,20,22-23H2,1-3H3,(H,35,39)/t24-,31-/m1/s1. The van der Waals surface area contributed by atoms with E-state index >= 15 is 0 Å². The van der Waals surface area contributed by atoms with Crippen LogP contribution in [0.4, 0.5) is 0 Å². The highest BCUT2D eigenvalue weighted by molar-refractivity contribution is 7.89. The van der Waals surface area contributed by atoms with Gasteiger partial charge in [-0.3, -0.25) is 9.59 Å². The van der Waals surface area contributed by atoms with Crippen molar-refractivity contribution in [2.75, 3.05) is 13.6 Å². The molecule has 0 heterocycles. The first-order valence-corrected chi connectivity index (χ1v) is 15.7. The van der Waals surface area contributed by atoms with Gasteiger partial charge in [-0.25, -0.2) is 8.42 Å². The maximum absolute atomic E-state index is 14.0.